The molecule has 0 saturated carbocycles. The Kier molecular flexibility index (Phi) is 5.13. The Bertz CT molecular complexity index is 698. The first-order valence-corrected chi connectivity index (χ1v) is 9.27. The van der Waals surface area contributed by atoms with Gasteiger partial charge in [-0.2, -0.15) is 0 Å². The van der Waals surface area contributed by atoms with Gasteiger partial charge in [0.05, 0.1) is 12.2 Å². The maximum Gasteiger partial charge on any atom is 0.217 e. The standard InChI is InChI=1S/C21H30N2O3/c1-13-6-11-17-20(19(13)25)26-18(12-21(17,3)22-14(2)24)15-7-9-16(10-8-15)23(4)5/h6-10,17-20,25H,11-12H2,1-5H3,(H,22,24)/t17-,18+,19-,20-,21-/m1/s1. The predicted molar refractivity (Wildman–Crippen MR) is 103 cm³/mol. The van der Waals surface area contributed by atoms with E-state index >= 15 is 0 Å². The smallest absolute Gasteiger partial charge is 0.217 e. The van der Waals surface area contributed by atoms with Crippen LogP contribution in [0.2, 0.25) is 0 Å². The van der Waals surface area contributed by atoms with Crippen LogP contribution in [-0.2, 0) is 9.53 Å². The molecule has 0 aromatic heterocycles. The third-order valence-corrected chi connectivity index (χ3v) is 5.86. The number of ether oxygens (including phenoxy) is 1. The number of anilines is 1. The van der Waals surface area contributed by atoms with Crippen LogP contribution in [0.15, 0.2) is 35.9 Å². The number of hydrogen-bond acceptors (Lipinski definition) is 4. The van der Waals surface area contributed by atoms with Crippen LogP contribution in [0, 0.1) is 5.92 Å². The molecule has 142 valence electrons. The van der Waals surface area contributed by atoms with Gasteiger partial charge >= 0.3 is 0 Å². The lowest BCUT2D eigenvalue weighted by Gasteiger charge is -2.52. The summed E-state index contributed by atoms with van der Waals surface area (Å²) in [5, 5.41) is 13.9. The molecule has 5 atom stereocenters. The molecule has 1 aliphatic heterocycles. The van der Waals surface area contributed by atoms with Gasteiger partial charge in [0.25, 0.3) is 0 Å². The average molecular weight is 358 g/mol. The van der Waals surface area contributed by atoms with E-state index in [1.807, 2.05) is 21.0 Å². The first-order valence-electron chi connectivity index (χ1n) is 9.27. The summed E-state index contributed by atoms with van der Waals surface area (Å²) < 4.78 is 6.38. The molecular formula is C21H30N2O3. The highest BCUT2D eigenvalue weighted by molar-refractivity contribution is 5.74. The predicted octanol–water partition coefficient (Wildman–Crippen LogP) is 2.80. The van der Waals surface area contributed by atoms with E-state index in [4.69, 9.17) is 4.74 Å². The van der Waals surface area contributed by atoms with Crippen molar-refractivity contribution in [1.82, 2.24) is 5.32 Å². The van der Waals surface area contributed by atoms with E-state index in [0.717, 1.165) is 23.2 Å². The van der Waals surface area contributed by atoms with Crippen molar-refractivity contribution >= 4 is 11.6 Å². The summed E-state index contributed by atoms with van der Waals surface area (Å²) in [6, 6.07) is 8.30. The van der Waals surface area contributed by atoms with Gasteiger partial charge in [0.2, 0.25) is 5.91 Å². The van der Waals surface area contributed by atoms with Crippen molar-refractivity contribution in [2.75, 3.05) is 19.0 Å². The van der Waals surface area contributed by atoms with E-state index in [0.29, 0.717) is 6.42 Å². The molecule has 1 aliphatic carbocycles. The maximum atomic E-state index is 11.9. The number of nitrogens with one attached hydrogen (secondary N) is 1. The number of carbonyl (C=O) groups excluding carboxylic acids is 1. The monoisotopic (exact) mass is 358 g/mol. The first kappa shape index (κ1) is 18.9. The molecule has 0 bridgehead atoms. The van der Waals surface area contributed by atoms with Gasteiger partial charge in [0, 0.05) is 44.6 Å². The molecule has 1 aromatic rings. The highest BCUT2D eigenvalue weighted by Gasteiger charge is 2.50. The second kappa shape index (κ2) is 7.05. The van der Waals surface area contributed by atoms with Crippen LogP contribution in [0.4, 0.5) is 5.69 Å². The molecule has 5 heteroatoms. The Morgan fingerprint density at radius 1 is 1.31 bits per heavy atom. The SMILES string of the molecule is CC(=O)N[C@]1(C)C[C@@H](c2ccc(N(C)C)cc2)O[C@H]2[C@H](O)C(C)=CC[C@H]21. The second-order valence-corrected chi connectivity index (χ2v) is 8.11. The van der Waals surface area contributed by atoms with E-state index in [-0.39, 0.29) is 24.0 Å². The molecule has 3 rings (SSSR count). The number of aliphatic hydroxyl groups is 1. The molecule has 1 amide bonds. The molecule has 26 heavy (non-hydrogen) atoms. The maximum absolute atomic E-state index is 11.9. The fourth-order valence-electron chi connectivity index (χ4n) is 4.34. The largest absolute Gasteiger partial charge is 0.386 e. The van der Waals surface area contributed by atoms with Crippen LogP contribution in [-0.4, -0.2) is 42.9 Å². The fraction of sp³-hybridized carbons (Fsp3) is 0.571. The van der Waals surface area contributed by atoms with Crippen LogP contribution in [0.25, 0.3) is 0 Å². The third kappa shape index (κ3) is 3.51. The van der Waals surface area contributed by atoms with Gasteiger partial charge in [-0.05, 0) is 43.5 Å². The van der Waals surface area contributed by atoms with Crippen molar-refractivity contribution in [2.45, 2.75) is 57.5 Å². The summed E-state index contributed by atoms with van der Waals surface area (Å²) in [5.41, 5.74) is 2.73. The Labute approximate surface area is 156 Å². The van der Waals surface area contributed by atoms with Crippen LogP contribution in [0.1, 0.15) is 45.3 Å². The Morgan fingerprint density at radius 2 is 1.96 bits per heavy atom. The fourth-order valence-corrected chi connectivity index (χ4v) is 4.34. The molecule has 0 spiro atoms. The molecule has 1 fully saturated rings. The van der Waals surface area contributed by atoms with E-state index in [9.17, 15) is 9.90 Å². The van der Waals surface area contributed by atoms with Gasteiger partial charge in [-0.25, -0.2) is 0 Å². The summed E-state index contributed by atoms with van der Waals surface area (Å²) >= 11 is 0. The normalized spacial score (nSPS) is 33.8. The summed E-state index contributed by atoms with van der Waals surface area (Å²) in [6.45, 7) is 5.57. The topological polar surface area (TPSA) is 61.8 Å². The number of nitrogens with zero attached hydrogens (tertiary/aromatic N) is 1. The lowest BCUT2D eigenvalue weighted by molar-refractivity contribution is -0.165. The molecular weight excluding hydrogens is 328 g/mol. The van der Waals surface area contributed by atoms with E-state index in [1.165, 1.54) is 0 Å². The number of hydrogen-bond donors (Lipinski definition) is 2. The van der Waals surface area contributed by atoms with Crippen molar-refractivity contribution in [3.05, 3.63) is 41.5 Å². The zero-order valence-electron chi connectivity index (χ0n) is 16.3. The Balaban J connectivity index is 1.93. The van der Waals surface area contributed by atoms with Gasteiger partial charge < -0.3 is 20.1 Å². The zero-order chi connectivity index (χ0) is 19.1. The Hall–Kier alpha value is -1.85. The van der Waals surface area contributed by atoms with E-state index in [1.54, 1.807) is 6.92 Å². The molecule has 2 N–H and O–H groups in total. The summed E-state index contributed by atoms with van der Waals surface area (Å²) in [6.07, 6.45) is 2.45. The number of allylic oxidation sites excluding steroid dienone is 1. The third-order valence-electron chi connectivity index (χ3n) is 5.86. The number of aliphatic hydroxyl groups excluding tert-OH is 1. The molecule has 1 heterocycles. The van der Waals surface area contributed by atoms with Crippen molar-refractivity contribution in [2.24, 2.45) is 5.92 Å². The first-order chi connectivity index (χ1) is 12.2. The summed E-state index contributed by atoms with van der Waals surface area (Å²) in [7, 11) is 4.02. The Morgan fingerprint density at radius 3 is 2.54 bits per heavy atom. The van der Waals surface area contributed by atoms with Crippen molar-refractivity contribution in [3.63, 3.8) is 0 Å². The van der Waals surface area contributed by atoms with Crippen molar-refractivity contribution in [1.29, 1.82) is 0 Å². The van der Waals surface area contributed by atoms with Gasteiger partial charge in [-0.3, -0.25) is 4.79 Å². The van der Waals surface area contributed by atoms with Crippen LogP contribution < -0.4 is 10.2 Å². The van der Waals surface area contributed by atoms with Crippen molar-refractivity contribution < 1.29 is 14.6 Å². The molecule has 2 aliphatic rings. The minimum absolute atomic E-state index is 0.0457. The number of rotatable bonds is 3. The van der Waals surface area contributed by atoms with Crippen molar-refractivity contribution in [3.8, 4) is 0 Å². The highest BCUT2D eigenvalue weighted by atomic mass is 16.5. The quantitative estimate of drug-likeness (QED) is 0.816. The van der Waals surface area contributed by atoms with Crippen LogP contribution >= 0.6 is 0 Å². The number of amides is 1. The van der Waals surface area contributed by atoms with Gasteiger partial charge in [0.15, 0.2) is 0 Å². The molecule has 0 unspecified atom stereocenters. The molecule has 1 aromatic carbocycles. The molecule has 5 nitrogen and oxygen atoms in total. The summed E-state index contributed by atoms with van der Waals surface area (Å²) in [5.74, 6) is 0.0121. The molecule has 0 radical (unpaired) electrons. The molecule has 1 saturated heterocycles. The van der Waals surface area contributed by atoms with Crippen LogP contribution in [0.3, 0.4) is 0 Å². The zero-order valence-corrected chi connectivity index (χ0v) is 16.3. The van der Waals surface area contributed by atoms with E-state index in [2.05, 4.69) is 47.5 Å². The number of carbonyl (C=O) groups is 1. The average Bonchev–Trinajstić information content (AvgIpc) is 2.57. The minimum atomic E-state index is -0.634. The second-order valence-electron chi connectivity index (χ2n) is 8.11. The summed E-state index contributed by atoms with van der Waals surface area (Å²) in [4.78, 5) is 13.9. The van der Waals surface area contributed by atoms with Gasteiger partial charge in [0.1, 0.15) is 6.10 Å². The number of benzene rings is 1. The lowest BCUT2D eigenvalue weighted by atomic mass is 9.68. The highest BCUT2D eigenvalue weighted by Crippen LogP contribution is 2.46. The minimum Gasteiger partial charge on any atom is -0.386 e. The van der Waals surface area contributed by atoms with Crippen LogP contribution in [0.5, 0.6) is 0 Å². The lowest BCUT2D eigenvalue weighted by Crippen LogP contribution is -2.62. The van der Waals surface area contributed by atoms with Gasteiger partial charge in [-0.15, -0.1) is 0 Å². The van der Waals surface area contributed by atoms with Gasteiger partial charge in [-0.1, -0.05) is 18.2 Å². The van der Waals surface area contributed by atoms with E-state index < -0.39 is 11.6 Å². The number of fused-ring (bicyclic) bond motifs is 1.